The van der Waals surface area contributed by atoms with Crippen LogP contribution in [0.2, 0.25) is 0 Å². The van der Waals surface area contributed by atoms with Crippen molar-refractivity contribution in [1.82, 2.24) is 0 Å². The molecule has 3 aliphatic carbocycles. The predicted octanol–water partition coefficient (Wildman–Crippen LogP) is 2.60. The van der Waals surface area contributed by atoms with Gasteiger partial charge < -0.3 is 9.84 Å². The Hall–Kier alpha value is -0.0800. The molecule has 0 amide bonds. The zero-order valence-electron chi connectivity index (χ0n) is 11.2. The summed E-state index contributed by atoms with van der Waals surface area (Å²) in [7, 11) is 0. The first-order valence-electron chi connectivity index (χ1n) is 7.29. The van der Waals surface area contributed by atoms with E-state index in [1.807, 2.05) is 0 Å². The summed E-state index contributed by atoms with van der Waals surface area (Å²) in [4.78, 5) is 0. The van der Waals surface area contributed by atoms with Crippen LogP contribution in [0, 0.1) is 29.1 Å². The number of aliphatic hydroxyl groups is 1. The summed E-state index contributed by atoms with van der Waals surface area (Å²) in [5, 5.41) is 11.3. The van der Waals surface area contributed by atoms with Gasteiger partial charge in [-0.25, -0.2) is 0 Å². The molecule has 4 aliphatic rings. The molecule has 2 nitrogen and oxygen atoms in total. The summed E-state index contributed by atoms with van der Waals surface area (Å²) in [5.74, 6) is 2.75. The lowest BCUT2D eigenvalue weighted by Crippen LogP contribution is -2.50. The lowest BCUT2D eigenvalue weighted by Gasteiger charge is -2.37. The average molecular weight is 236 g/mol. The van der Waals surface area contributed by atoms with Crippen molar-refractivity contribution in [3.8, 4) is 0 Å². The molecule has 0 aromatic carbocycles. The van der Waals surface area contributed by atoms with Crippen molar-refractivity contribution in [3.05, 3.63) is 0 Å². The number of rotatable bonds is 0. The second kappa shape index (κ2) is 2.75. The molecule has 1 spiro atoms. The van der Waals surface area contributed by atoms with Gasteiger partial charge in [0.05, 0.1) is 12.2 Å². The number of hydrogen-bond acceptors (Lipinski definition) is 2. The highest BCUT2D eigenvalue weighted by Crippen LogP contribution is 2.73. The molecule has 1 saturated heterocycles. The number of hydrogen-bond donors (Lipinski definition) is 1. The van der Waals surface area contributed by atoms with Crippen molar-refractivity contribution < 1.29 is 9.84 Å². The van der Waals surface area contributed by atoms with Gasteiger partial charge in [0, 0.05) is 0 Å². The summed E-state index contributed by atoms with van der Waals surface area (Å²) in [6.07, 6.45) is 4.52. The van der Waals surface area contributed by atoms with Crippen LogP contribution in [-0.4, -0.2) is 22.9 Å². The quantitative estimate of drug-likeness (QED) is 0.656. The molecule has 2 heteroatoms. The van der Waals surface area contributed by atoms with Crippen LogP contribution in [0.3, 0.4) is 0 Å². The highest BCUT2D eigenvalue weighted by atomic mass is 16.6. The lowest BCUT2D eigenvalue weighted by molar-refractivity contribution is -0.0826. The van der Waals surface area contributed by atoms with Crippen LogP contribution in [0.25, 0.3) is 0 Å². The third kappa shape index (κ3) is 1.06. The fraction of sp³-hybridized carbons (Fsp3) is 1.00. The maximum Gasteiger partial charge on any atom is 0.120 e. The molecule has 1 aliphatic heterocycles. The SMILES string of the molecule is C[C@@H]1CC[C@@]2(O)[C@@H]1[C@@H]1[C@@H](CC[C@]23CO3)C1(C)C. The van der Waals surface area contributed by atoms with Gasteiger partial charge in [0.15, 0.2) is 0 Å². The van der Waals surface area contributed by atoms with Crippen LogP contribution in [0.5, 0.6) is 0 Å². The minimum atomic E-state index is -0.500. The van der Waals surface area contributed by atoms with Crippen LogP contribution >= 0.6 is 0 Å². The zero-order valence-corrected chi connectivity index (χ0v) is 11.2. The molecule has 0 radical (unpaired) electrons. The first kappa shape index (κ1) is 10.8. The Morgan fingerprint density at radius 1 is 1.12 bits per heavy atom. The number of ether oxygens (including phenoxy) is 1. The third-order valence-electron chi connectivity index (χ3n) is 6.81. The average Bonchev–Trinajstić information content (AvgIpc) is 3.11. The molecule has 1 N–H and O–H groups in total. The summed E-state index contributed by atoms with van der Waals surface area (Å²) < 4.78 is 5.77. The molecule has 17 heavy (non-hydrogen) atoms. The first-order valence-corrected chi connectivity index (χ1v) is 7.29. The van der Waals surface area contributed by atoms with Crippen LogP contribution in [0.4, 0.5) is 0 Å². The van der Waals surface area contributed by atoms with Gasteiger partial charge in [-0.2, -0.15) is 0 Å². The van der Waals surface area contributed by atoms with Crippen molar-refractivity contribution in [2.45, 2.75) is 57.7 Å². The smallest absolute Gasteiger partial charge is 0.120 e. The molecule has 0 unspecified atom stereocenters. The van der Waals surface area contributed by atoms with Crippen LogP contribution < -0.4 is 0 Å². The van der Waals surface area contributed by atoms with Crippen molar-refractivity contribution >= 4 is 0 Å². The summed E-state index contributed by atoms with van der Waals surface area (Å²) in [6, 6.07) is 0. The molecule has 1 heterocycles. The number of fused-ring (bicyclic) bond motifs is 4. The van der Waals surface area contributed by atoms with Crippen molar-refractivity contribution in [1.29, 1.82) is 0 Å². The monoisotopic (exact) mass is 236 g/mol. The van der Waals surface area contributed by atoms with Crippen LogP contribution in [0.15, 0.2) is 0 Å². The highest BCUT2D eigenvalue weighted by molar-refractivity contribution is 5.25. The summed E-state index contributed by atoms with van der Waals surface area (Å²) in [5.41, 5.74) is -0.167. The molecule has 0 aromatic rings. The Labute approximate surface area is 104 Å². The minimum absolute atomic E-state index is 0.133. The topological polar surface area (TPSA) is 32.8 Å². The van der Waals surface area contributed by atoms with E-state index >= 15 is 0 Å². The summed E-state index contributed by atoms with van der Waals surface area (Å²) >= 11 is 0. The maximum atomic E-state index is 11.3. The van der Waals surface area contributed by atoms with Gasteiger partial charge in [-0.05, 0) is 54.8 Å². The van der Waals surface area contributed by atoms with Gasteiger partial charge >= 0.3 is 0 Å². The van der Waals surface area contributed by atoms with E-state index in [0.29, 0.717) is 17.3 Å². The van der Waals surface area contributed by atoms with E-state index in [-0.39, 0.29) is 5.60 Å². The van der Waals surface area contributed by atoms with Gasteiger partial charge in [0.2, 0.25) is 0 Å². The Kier molecular flexibility index (Phi) is 1.75. The Bertz CT molecular complexity index is 371. The molecule has 4 rings (SSSR count). The summed E-state index contributed by atoms with van der Waals surface area (Å²) in [6.45, 7) is 7.96. The molecular formula is C15H24O2. The van der Waals surface area contributed by atoms with E-state index in [0.717, 1.165) is 31.3 Å². The molecule has 0 aromatic heterocycles. The lowest BCUT2D eigenvalue weighted by atomic mass is 9.72. The van der Waals surface area contributed by atoms with Gasteiger partial charge in [-0.3, -0.25) is 0 Å². The molecular weight excluding hydrogens is 212 g/mol. The zero-order chi connectivity index (χ0) is 12.1. The first-order chi connectivity index (χ1) is 7.92. The van der Waals surface area contributed by atoms with E-state index in [9.17, 15) is 5.11 Å². The maximum absolute atomic E-state index is 11.3. The van der Waals surface area contributed by atoms with Crippen molar-refractivity contribution in [2.24, 2.45) is 29.1 Å². The Morgan fingerprint density at radius 2 is 1.82 bits per heavy atom. The van der Waals surface area contributed by atoms with Gasteiger partial charge in [-0.15, -0.1) is 0 Å². The van der Waals surface area contributed by atoms with Gasteiger partial charge in [-0.1, -0.05) is 20.8 Å². The second-order valence-corrected chi connectivity index (χ2v) is 7.74. The molecule has 96 valence electrons. The fourth-order valence-electron chi connectivity index (χ4n) is 5.58. The standard InChI is InChI=1S/C15H24O2/c1-9-4-7-15(16)11(9)12-10(13(12,2)3)5-6-14(15)8-17-14/h9-12,16H,4-8H2,1-3H3/t9-,10-,11+,12+,14+,15-/m1/s1. The molecule has 3 saturated carbocycles. The highest BCUT2D eigenvalue weighted by Gasteiger charge is 2.76. The Morgan fingerprint density at radius 3 is 2.47 bits per heavy atom. The van der Waals surface area contributed by atoms with Gasteiger partial charge in [0.1, 0.15) is 5.60 Å². The van der Waals surface area contributed by atoms with E-state index in [1.165, 1.54) is 12.8 Å². The van der Waals surface area contributed by atoms with Crippen molar-refractivity contribution in [3.63, 3.8) is 0 Å². The van der Waals surface area contributed by atoms with Crippen molar-refractivity contribution in [2.75, 3.05) is 6.61 Å². The fourth-order valence-corrected chi connectivity index (χ4v) is 5.58. The second-order valence-electron chi connectivity index (χ2n) is 7.74. The Balaban J connectivity index is 1.78. The van der Waals surface area contributed by atoms with E-state index < -0.39 is 5.60 Å². The predicted molar refractivity (Wildman–Crippen MR) is 65.5 cm³/mol. The molecule has 4 fully saturated rings. The normalized spacial score (nSPS) is 62.8. The molecule has 0 bridgehead atoms. The molecule has 6 atom stereocenters. The van der Waals surface area contributed by atoms with Crippen LogP contribution in [-0.2, 0) is 4.74 Å². The van der Waals surface area contributed by atoms with E-state index in [1.54, 1.807) is 0 Å². The van der Waals surface area contributed by atoms with Crippen LogP contribution in [0.1, 0.15) is 46.5 Å². The third-order valence-corrected chi connectivity index (χ3v) is 6.81. The number of epoxide rings is 1. The van der Waals surface area contributed by atoms with E-state index in [4.69, 9.17) is 4.74 Å². The van der Waals surface area contributed by atoms with Gasteiger partial charge in [0.25, 0.3) is 0 Å². The minimum Gasteiger partial charge on any atom is -0.386 e. The largest absolute Gasteiger partial charge is 0.386 e. The van der Waals surface area contributed by atoms with E-state index in [2.05, 4.69) is 20.8 Å².